The van der Waals surface area contributed by atoms with Crippen molar-refractivity contribution in [1.29, 1.82) is 0 Å². The molecule has 0 aromatic heterocycles. The molecule has 3 aliphatic heterocycles. The number of carbonyl (C=O) groups is 3. The summed E-state index contributed by atoms with van der Waals surface area (Å²) in [6, 6.07) is 5.12. The number of hydrogen-bond acceptors (Lipinski definition) is 3. The Morgan fingerprint density at radius 1 is 1.26 bits per heavy atom. The lowest BCUT2D eigenvalue weighted by Crippen LogP contribution is -2.99. The van der Waals surface area contributed by atoms with E-state index < -0.39 is 17.4 Å². The van der Waals surface area contributed by atoms with E-state index in [1.807, 2.05) is 26.1 Å². The van der Waals surface area contributed by atoms with E-state index in [-0.39, 0.29) is 29.7 Å². The normalized spacial score (nSPS) is 31.8. The SMILES string of the molecule is CCCCN1C(=O)[C@H]2[C@@H](C1=O)[C@]1([NH2+][C@H]2C(C)C)C(=O)Nc2ccc(Cl)cc21. The van der Waals surface area contributed by atoms with Crippen LogP contribution >= 0.6 is 11.6 Å². The second-order valence-corrected chi connectivity index (χ2v) is 8.62. The molecule has 1 aromatic rings. The van der Waals surface area contributed by atoms with Crippen LogP contribution in [0.25, 0.3) is 0 Å². The van der Waals surface area contributed by atoms with E-state index in [9.17, 15) is 14.4 Å². The van der Waals surface area contributed by atoms with E-state index in [1.54, 1.807) is 18.2 Å². The Hall–Kier alpha value is -1.92. The number of rotatable bonds is 4. The van der Waals surface area contributed by atoms with Crippen LogP contribution in [0.1, 0.15) is 39.2 Å². The lowest BCUT2D eigenvalue weighted by Gasteiger charge is -2.27. The summed E-state index contributed by atoms with van der Waals surface area (Å²) < 4.78 is 0. The number of hydrogen-bond donors (Lipinski definition) is 2. The largest absolute Gasteiger partial charge is 0.326 e. The fourth-order valence-electron chi connectivity index (χ4n) is 5.06. The van der Waals surface area contributed by atoms with E-state index in [2.05, 4.69) is 5.32 Å². The number of amides is 3. The van der Waals surface area contributed by atoms with Crippen molar-refractivity contribution < 1.29 is 19.7 Å². The molecule has 3 N–H and O–H groups in total. The van der Waals surface area contributed by atoms with E-state index in [1.165, 1.54) is 4.90 Å². The molecule has 1 aromatic carbocycles. The highest BCUT2D eigenvalue weighted by Gasteiger charge is 2.74. The molecular formula is C20H25ClN3O3+. The minimum atomic E-state index is -1.12. The van der Waals surface area contributed by atoms with Gasteiger partial charge in [0.2, 0.25) is 17.4 Å². The summed E-state index contributed by atoms with van der Waals surface area (Å²) in [7, 11) is 0. The smallest absolute Gasteiger partial charge is 0.291 e. The Bertz CT molecular complexity index is 840. The second-order valence-electron chi connectivity index (χ2n) is 8.19. The highest BCUT2D eigenvalue weighted by molar-refractivity contribution is 6.31. The van der Waals surface area contributed by atoms with Crippen molar-refractivity contribution in [2.75, 3.05) is 11.9 Å². The van der Waals surface area contributed by atoms with Crippen LogP contribution in [0, 0.1) is 17.8 Å². The number of imide groups is 1. The van der Waals surface area contributed by atoms with Gasteiger partial charge in [-0.05, 0) is 24.6 Å². The number of nitrogens with zero attached hydrogens (tertiary/aromatic N) is 1. The van der Waals surface area contributed by atoms with Crippen LogP contribution in [0.2, 0.25) is 5.02 Å². The number of quaternary nitrogens is 1. The van der Waals surface area contributed by atoms with E-state index >= 15 is 0 Å². The minimum Gasteiger partial charge on any atom is -0.326 e. The van der Waals surface area contributed by atoms with Gasteiger partial charge in [0.05, 0.1) is 5.69 Å². The molecule has 3 aliphatic rings. The van der Waals surface area contributed by atoms with Gasteiger partial charge in [0.25, 0.3) is 5.91 Å². The highest BCUT2D eigenvalue weighted by atomic mass is 35.5. The molecule has 4 rings (SSSR count). The average Bonchev–Trinajstić information content (AvgIpc) is 3.20. The third-order valence-corrected chi connectivity index (χ3v) is 6.59. The lowest BCUT2D eigenvalue weighted by molar-refractivity contribution is -0.738. The van der Waals surface area contributed by atoms with Crippen LogP contribution in [-0.2, 0) is 19.9 Å². The van der Waals surface area contributed by atoms with Crippen molar-refractivity contribution in [3.8, 4) is 0 Å². The fourth-order valence-corrected chi connectivity index (χ4v) is 5.23. The summed E-state index contributed by atoms with van der Waals surface area (Å²) in [6.45, 7) is 6.53. The molecule has 0 unspecified atom stereocenters. The molecule has 6 nitrogen and oxygen atoms in total. The van der Waals surface area contributed by atoms with Gasteiger partial charge in [-0.3, -0.25) is 19.3 Å². The number of fused-ring (bicyclic) bond motifs is 4. The molecule has 0 saturated carbocycles. The van der Waals surface area contributed by atoms with Crippen LogP contribution in [0.4, 0.5) is 5.69 Å². The van der Waals surface area contributed by atoms with Crippen molar-refractivity contribution in [1.82, 2.24) is 4.90 Å². The summed E-state index contributed by atoms with van der Waals surface area (Å²) in [5.74, 6) is -1.60. The summed E-state index contributed by atoms with van der Waals surface area (Å²) in [5, 5.41) is 5.38. The van der Waals surface area contributed by atoms with Crippen molar-refractivity contribution in [2.24, 2.45) is 17.8 Å². The average molecular weight is 391 g/mol. The Balaban J connectivity index is 1.86. The summed E-state index contributed by atoms with van der Waals surface area (Å²) >= 11 is 6.22. The third kappa shape index (κ3) is 2.39. The van der Waals surface area contributed by atoms with Crippen LogP contribution in [0.3, 0.4) is 0 Å². The minimum absolute atomic E-state index is 0.131. The Morgan fingerprint density at radius 3 is 2.67 bits per heavy atom. The molecular weight excluding hydrogens is 366 g/mol. The Kier molecular flexibility index (Phi) is 4.31. The molecule has 3 amide bonds. The molecule has 0 aliphatic carbocycles. The first-order chi connectivity index (χ1) is 12.8. The van der Waals surface area contributed by atoms with Crippen molar-refractivity contribution in [3.63, 3.8) is 0 Å². The first-order valence-electron chi connectivity index (χ1n) is 9.65. The van der Waals surface area contributed by atoms with Crippen LogP contribution in [-0.4, -0.2) is 35.2 Å². The number of likely N-dealkylation sites (tertiary alicyclic amines) is 1. The van der Waals surface area contributed by atoms with Gasteiger partial charge in [-0.1, -0.05) is 38.8 Å². The highest BCUT2D eigenvalue weighted by Crippen LogP contribution is 2.50. The van der Waals surface area contributed by atoms with Gasteiger partial charge in [-0.2, -0.15) is 0 Å². The summed E-state index contributed by atoms with van der Waals surface area (Å²) in [5.41, 5.74) is 0.279. The molecule has 0 radical (unpaired) electrons. The molecule has 27 heavy (non-hydrogen) atoms. The predicted octanol–water partition coefficient (Wildman–Crippen LogP) is 1.49. The number of unbranched alkanes of at least 4 members (excludes halogenated alkanes) is 1. The summed E-state index contributed by atoms with van der Waals surface area (Å²) in [4.78, 5) is 41.1. The zero-order chi connectivity index (χ0) is 19.5. The van der Waals surface area contributed by atoms with Gasteiger partial charge in [0.1, 0.15) is 17.9 Å². The Labute approximate surface area is 163 Å². The number of anilines is 1. The number of nitrogens with one attached hydrogen (secondary N) is 1. The predicted molar refractivity (Wildman–Crippen MR) is 101 cm³/mol. The van der Waals surface area contributed by atoms with Gasteiger partial charge in [-0.15, -0.1) is 0 Å². The van der Waals surface area contributed by atoms with Crippen molar-refractivity contribution in [3.05, 3.63) is 28.8 Å². The van der Waals surface area contributed by atoms with Gasteiger partial charge in [0.15, 0.2) is 0 Å². The molecule has 2 saturated heterocycles. The molecule has 144 valence electrons. The maximum absolute atomic E-state index is 13.3. The first kappa shape index (κ1) is 18.4. The monoisotopic (exact) mass is 390 g/mol. The van der Waals surface area contributed by atoms with E-state index in [4.69, 9.17) is 11.6 Å². The third-order valence-electron chi connectivity index (χ3n) is 6.36. The molecule has 7 heteroatoms. The first-order valence-corrected chi connectivity index (χ1v) is 10.0. The van der Waals surface area contributed by atoms with E-state index in [0.717, 1.165) is 18.4 Å². The molecule has 1 spiro atoms. The molecule has 4 atom stereocenters. The molecule has 2 fully saturated rings. The number of benzene rings is 1. The quantitative estimate of drug-likeness (QED) is 0.764. The molecule has 3 heterocycles. The topological polar surface area (TPSA) is 83.1 Å². The zero-order valence-corrected chi connectivity index (χ0v) is 16.5. The van der Waals surface area contributed by atoms with Gasteiger partial charge in [0, 0.05) is 23.0 Å². The van der Waals surface area contributed by atoms with Crippen molar-refractivity contribution in [2.45, 2.75) is 45.2 Å². The van der Waals surface area contributed by atoms with E-state index in [0.29, 0.717) is 17.3 Å². The Morgan fingerprint density at radius 2 is 2.00 bits per heavy atom. The van der Waals surface area contributed by atoms with Gasteiger partial charge < -0.3 is 10.6 Å². The standard InChI is InChI=1S/C20H24ClN3O3/c1-4-5-8-24-17(25)14-15(18(24)26)20(23-16(14)10(2)3)12-9-11(21)6-7-13(12)22-19(20)27/h6-7,9-10,14-16,23H,4-5,8H2,1-3H3,(H,22,27)/p+1/t14-,15-,16-,20-/m0/s1. The number of carbonyl (C=O) groups excluding carboxylic acids is 3. The van der Waals surface area contributed by atoms with Crippen molar-refractivity contribution >= 4 is 35.0 Å². The summed E-state index contributed by atoms with van der Waals surface area (Å²) in [6.07, 6.45) is 1.67. The molecule has 0 bridgehead atoms. The van der Waals surface area contributed by atoms with Crippen LogP contribution < -0.4 is 10.6 Å². The maximum atomic E-state index is 13.3. The van der Waals surface area contributed by atoms with Gasteiger partial charge in [-0.25, -0.2) is 0 Å². The number of halogens is 1. The van der Waals surface area contributed by atoms with Gasteiger partial charge >= 0.3 is 0 Å². The zero-order valence-electron chi connectivity index (χ0n) is 15.8. The van der Waals surface area contributed by atoms with Crippen LogP contribution in [0.5, 0.6) is 0 Å². The lowest BCUT2D eigenvalue weighted by atomic mass is 9.76. The fraction of sp³-hybridized carbons (Fsp3) is 0.550. The number of nitrogens with two attached hydrogens (primary N) is 1. The second kappa shape index (κ2) is 6.31. The maximum Gasteiger partial charge on any atom is 0.291 e. The van der Waals surface area contributed by atoms with Crippen LogP contribution in [0.15, 0.2) is 18.2 Å².